The Morgan fingerprint density at radius 3 is 2.55 bits per heavy atom. The highest BCUT2D eigenvalue weighted by Crippen LogP contribution is 2.55. The third-order valence-corrected chi connectivity index (χ3v) is 6.99. The van der Waals surface area contributed by atoms with Crippen LogP contribution in [0.4, 0.5) is 0 Å². The molecule has 4 aliphatic rings. The molecule has 22 heavy (non-hydrogen) atoms. The molecule has 0 aromatic carbocycles. The van der Waals surface area contributed by atoms with E-state index in [0.717, 1.165) is 35.8 Å². The average Bonchev–Trinajstić information content (AvgIpc) is 3.15. The number of H-pyrrole nitrogens is 1. The lowest BCUT2D eigenvalue weighted by molar-refractivity contribution is -0.0208. The van der Waals surface area contributed by atoms with E-state index in [4.69, 9.17) is 0 Å². The molecule has 4 fully saturated rings. The second-order valence-electron chi connectivity index (χ2n) is 7.77. The lowest BCUT2D eigenvalue weighted by Gasteiger charge is -2.57. The number of rotatable bonds is 4. The van der Waals surface area contributed by atoms with Crippen LogP contribution in [-0.4, -0.2) is 15.5 Å². The van der Waals surface area contributed by atoms with Crippen LogP contribution in [0.25, 0.3) is 10.6 Å². The second-order valence-corrected chi connectivity index (χ2v) is 8.72. The lowest BCUT2D eigenvalue weighted by atomic mass is 9.53. The van der Waals surface area contributed by atoms with Gasteiger partial charge in [0.15, 0.2) is 0 Å². The van der Waals surface area contributed by atoms with Crippen molar-refractivity contribution in [2.45, 2.75) is 50.6 Å². The summed E-state index contributed by atoms with van der Waals surface area (Å²) in [6, 6.07) is 4.24. The number of aromatic amines is 1. The summed E-state index contributed by atoms with van der Waals surface area (Å²) in [7, 11) is 0. The highest BCUT2D eigenvalue weighted by atomic mass is 32.1. The van der Waals surface area contributed by atoms with Gasteiger partial charge in [0.05, 0.1) is 23.3 Å². The Morgan fingerprint density at radius 2 is 1.91 bits per heavy atom. The Labute approximate surface area is 135 Å². The zero-order valence-corrected chi connectivity index (χ0v) is 13.7. The van der Waals surface area contributed by atoms with Crippen molar-refractivity contribution < 1.29 is 0 Å². The Hall–Kier alpha value is -1.13. The first-order chi connectivity index (χ1) is 10.8. The largest absolute Gasteiger partial charge is 0.340 e. The fourth-order valence-electron chi connectivity index (χ4n) is 5.61. The van der Waals surface area contributed by atoms with E-state index in [-0.39, 0.29) is 0 Å². The monoisotopic (exact) mass is 313 g/mol. The molecule has 2 aromatic heterocycles. The maximum Gasteiger partial charge on any atom is 0.120 e. The molecule has 0 spiro atoms. The molecule has 0 saturated heterocycles. The summed E-state index contributed by atoms with van der Waals surface area (Å²) < 4.78 is 0. The van der Waals surface area contributed by atoms with Crippen molar-refractivity contribution >= 4 is 11.3 Å². The number of aromatic nitrogens is 2. The molecule has 4 aliphatic carbocycles. The number of hydrogen-bond donors (Lipinski definition) is 2. The molecule has 0 amide bonds. The number of imidazole rings is 1. The molecule has 0 aliphatic heterocycles. The number of nitrogens with zero attached hydrogens (tertiary/aromatic N) is 1. The van der Waals surface area contributed by atoms with E-state index in [2.05, 4.69) is 32.8 Å². The first-order valence-corrected chi connectivity index (χ1v) is 9.49. The summed E-state index contributed by atoms with van der Waals surface area (Å²) in [5.41, 5.74) is 1.57. The molecule has 0 atom stereocenters. The molecule has 3 nitrogen and oxygen atoms in total. The molecule has 6 rings (SSSR count). The lowest BCUT2D eigenvalue weighted by Crippen LogP contribution is -2.58. The van der Waals surface area contributed by atoms with Crippen LogP contribution < -0.4 is 5.32 Å². The van der Waals surface area contributed by atoms with E-state index >= 15 is 0 Å². The van der Waals surface area contributed by atoms with Gasteiger partial charge in [-0.1, -0.05) is 6.07 Å². The maximum atomic E-state index is 4.58. The fraction of sp³-hybridized carbons (Fsp3) is 0.611. The van der Waals surface area contributed by atoms with Crippen molar-refractivity contribution in [3.05, 3.63) is 29.5 Å². The predicted molar refractivity (Wildman–Crippen MR) is 89.6 cm³/mol. The van der Waals surface area contributed by atoms with Gasteiger partial charge in [-0.2, -0.15) is 0 Å². The highest BCUT2D eigenvalue weighted by molar-refractivity contribution is 7.13. The van der Waals surface area contributed by atoms with Crippen molar-refractivity contribution in [1.82, 2.24) is 15.3 Å². The number of thiophene rings is 1. The molecule has 0 radical (unpaired) electrons. The summed E-state index contributed by atoms with van der Waals surface area (Å²) in [5, 5.41) is 6.03. The Bertz CT molecular complexity index is 622. The Kier molecular flexibility index (Phi) is 2.99. The van der Waals surface area contributed by atoms with Gasteiger partial charge < -0.3 is 10.3 Å². The molecule has 2 aromatic rings. The van der Waals surface area contributed by atoms with Gasteiger partial charge >= 0.3 is 0 Å². The van der Waals surface area contributed by atoms with Crippen molar-refractivity contribution in [3.63, 3.8) is 0 Å². The average molecular weight is 313 g/mol. The van der Waals surface area contributed by atoms with Gasteiger partial charge in [-0.25, -0.2) is 4.98 Å². The van der Waals surface area contributed by atoms with Crippen molar-refractivity contribution in [3.8, 4) is 10.6 Å². The summed E-state index contributed by atoms with van der Waals surface area (Å²) in [5.74, 6) is 4.07. The van der Waals surface area contributed by atoms with Crippen LogP contribution in [0.1, 0.15) is 44.3 Å². The van der Waals surface area contributed by atoms with Crippen molar-refractivity contribution in [1.29, 1.82) is 0 Å². The smallest absolute Gasteiger partial charge is 0.120 e. The van der Waals surface area contributed by atoms with Gasteiger partial charge in [0, 0.05) is 5.54 Å². The molecule has 4 heteroatoms. The van der Waals surface area contributed by atoms with E-state index in [1.54, 1.807) is 11.3 Å². The van der Waals surface area contributed by atoms with Crippen LogP contribution >= 0.6 is 11.3 Å². The topological polar surface area (TPSA) is 40.7 Å². The maximum absolute atomic E-state index is 4.58. The van der Waals surface area contributed by atoms with Crippen LogP contribution in [-0.2, 0) is 6.54 Å². The molecule has 116 valence electrons. The Morgan fingerprint density at radius 1 is 1.18 bits per heavy atom. The molecule has 0 unspecified atom stereocenters. The van der Waals surface area contributed by atoms with E-state index in [0.29, 0.717) is 5.54 Å². The molecular weight excluding hydrogens is 290 g/mol. The normalized spacial score (nSPS) is 36.1. The fourth-order valence-corrected chi connectivity index (χ4v) is 6.30. The van der Waals surface area contributed by atoms with Crippen molar-refractivity contribution in [2.24, 2.45) is 17.8 Å². The van der Waals surface area contributed by atoms with Crippen LogP contribution in [0, 0.1) is 17.8 Å². The summed E-state index contributed by atoms with van der Waals surface area (Å²) in [4.78, 5) is 9.33. The first kappa shape index (κ1) is 13.3. The van der Waals surface area contributed by atoms with Crippen LogP contribution in [0.15, 0.2) is 23.7 Å². The summed E-state index contributed by atoms with van der Waals surface area (Å²) >= 11 is 1.76. The third-order valence-electron chi connectivity index (χ3n) is 6.08. The highest BCUT2D eigenvalue weighted by Gasteiger charge is 2.50. The van der Waals surface area contributed by atoms with E-state index in [1.165, 1.54) is 43.4 Å². The second kappa shape index (κ2) is 4.93. The first-order valence-electron chi connectivity index (χ1n) is 8.61. The molecule has 4 bridgehead atoms. The molecule has 2 N–H and O–H groups in total. The molecule has 4 saturated carbocycles. The quantitative estimate of drug-likeness (QED) is 0.888. The van der Waals surface area contributed by atoms with Crippen LogP contribution in [0.2, 0.25) is 0 Å². The van der Waals surface area contributed by atoms with E-state index < -0.39 is 0 Å². The number of hydrogen-bond acceptors (Lipinski definition) is 3. The summed E-state index contributed by atoms with van der Waals surface area (Å²) in [6.07, 6.45) is 10.7. The van der Waals surface area contributed by atoms with Gasteiger partial charge in [0.25, 0.3) is 0 Å². The zero-order chi connectivity index (χ0) is 14.6. The minimum atomic E-state index is 0.421. The van der Waals surface area contributed by atoms with Gasteiger partial charge in [0.1, 0.15) is 5.82 Å². The van der Waals surface area contributed by atoms with E-state index in [1.807, 2.05) is 6.20 Å². The molecule has 2 heterocycles. The number of nitrogens with one attached hydrogen (secondary N) is 2. The minimum absolute atomic E-state index is 0.421. The van der Waals surface area contributed by atoms with Crippen molar-refractivity contribution in [2.75, 3.05) is 0 Å². The van der Waals surface area contributed by atoms with Gasteiger partial charge in [-0.15, -0.1) is 11.3 Å². The van der Waals surface area contributed by atoms with Crippen LogP contribution in [0.5, 0.6) is 0 Å². The zero-order valence-electron chi connectivity index (χ0n) is 12.8. The Balaban J connectivity index is 1.29. The van der Waals surface area contributed by atoms with Crippen LogP contribution in [0.3, 0.4) is 0 Å². The minimum Gasteiger partial charge on any atom is -0.340 e. The van der Waals surface area contributed by atoms with Gasteiger partial charge in [-0.05, 0) is 67.7 Å². The van der Waals surface area contributed by atoms with E-state index in [9.17, 15) is 0 Å². The summed E-state index contributed by atoms with van der Waals surface area (Å²) in [6.45, 7) is 0.886. The predicted octanol–water partition coefficient (Wildman–Crippen LogP) is 4.20. The third kappa shape index (κ3) is 2.24. The standard InChI is InChI=1S/C18H23N3S/c1-2-16(22-3-1)15-10-19-17(21-15)11-20-18-7-12-4-13(8-18)6-14(5-12)9-18/h1-3,10,12-14,20H,4-9,11H2,(H,19,21). The SMILES string of the molecule is c1csc(-c2cnc(CNC34CC5CC(CC(C5)C3)C4)[nH]2)c1. The molecular formula is C18H23N3S. The van der Waals surface area contributed by atoms with Gasteiger partial charge in [0.2, 0.25) is 0 Å². The van der Waals surface area contributed by atoms with Gasteiger partial charge in [-0.3, -0.25) is 0 Å².